The molecule has 1 rings (SSSR count). The van der Waals surface area contributed by atoms with Crippen LogP contribution in [0.4, 0.5) is 5.69 Å². The Balaban J connectivity index is 2.87. The zero-order chi connectivity index (χ0) is 13.7. The molecule has 0 fully saturated rings. The highest BCUT2D eigenvalue weighted by atomic mass is 16.2. The van der Waals surface area contributed by atoms with Crippen molar-refractivity contribution < 1.29 is 4.79 Å². The van der Waals surface area contributed by atoms with E-state index in [0.29, 0.717) is 11.5 Å². The van der Waals surface area contributed by atoms with Crippen LogP contribution in [0.25, 0.3) is 0 Å². The molecule has 0 saturated carbocycles. The lowest BCUT2D eigenvalue weighted by molar-refractivity contribution is 0.0682. The predicted octanol–water partition coefficient (Wildman–Crippen LogP) is 2.48. The minimum atomic E-state index is 0.0715. The van der Waals surface area contributed by atoms with Crippen LogP contribution >= 0.6 is 0 Å². The topological polar surface area (TPSA) is 58.4 Å². The highest BCUT2D eigenvalue weighted by Crippen LogP contribution is 2.13. The molecule has 0 unspecified atom stereocenters. The fourth-order valence-corrected chi connectivity index (χ4v) is 1.80. The van der Waals surface area contributed by atoms with Crippen molar-refractivity contribution in [2.75, 3.05) is 12.0 Å². The zero-order valence-electron chi connectivity index (χ0n) is 11.6. The first-order valence-electron chi connectivity index (χ1n) is 6.33. The van der Waals surface area contributed by atoms with Crippen molar-refractivity contribution in [2.45, 2.75) is 33.7 Å². The second kappa shape index (κ2) is 6.40. The molecule has 1 aromatic carbocycles. The summed E-state index contributed by atoms with van der Waals surface area (Å²) in [6.45, 7) is 9.08. The van der Waals surface area contributed by atoms with Gasteiger partial charge in [0.15, 0.2) is 0 Å². The smallest absolute Gasteiger partial charge is 0.254 e. The van der Waals surface area contributed by atoms with E-state index in [1.165, 1.54) is 0 Å². The third-order valence-corrected chi connectivity index (χ3v) is 2.74. The molecule has 0 bridgehead atoms. The number of hydrogen-bond acceptors (Lipinski definition) is 3. The Morgan fingerprint density at radius 3 is 2.17 bits per heavy atom. The first-order valence-corrected chi connectivity index (χ1v) is 6.33. The average Bonchev–Trinajstić information content (AvgIpc) is 2.34. The third kappa shape index (κ3) is 3.74. The number of nitrogens with one attached hydrogen (secondary N) is 1. The Morgan fingerprint density at radius 1 is 1.22 bits per heavy atom. The van der Waals surface area contributed by atoms with E-state index in [1.807, 2.05) is 18.7 Å². The highest BCUT2D eigenvalue weighted by molar-refractivity contribution is 5.94. The minimum absolute atomic E-state index is 0.0715. The molecule has 100 valence electrons. The summed E-state index contributed by atoms with van der Waals surface area (Å²) in [5.74, 6) is 5.84. The monoisotopic (exact) mass is 249 g/mol. The number of nitrogen functional groups attached to an aromatic ring is 1. The van der Waals surface area contributed by atoms with Gasteiger partial charge < -0.3 is 10.3 Å². The molecule has 1 aromatic rings. The summed E-state index contributed by atoms with van der Waals surface area (Å²) in [6.07, 6.45) is 0. The van der Waals surface area contributed by atoms with Crippen molar-refractivity contribution in [2.24, 2.45) is 11.8 Å². The molecule has 3 N–H and O–H groups in total. The fourth-order valence-electron chi connectivity index (χ4n) is 1.80. The molecule has 0 aliphatic heterocycles. The quantitative estimate of drug-likeness (QED) is 0.622. The summed E-state index contributed by atoms with van der Waals surface area (Å²) in [5.41, 5.74) is 4.05. The lowest BCUT2D eigenvalue weighted by atomic mass is 10.1. The van der Waals surface area contributed by atoms with Gasteiger partial charge in [0.2, 0.25) is 0 Å². The number of benzene rings is 1. The number of carbonyl (C=O) groups excluding carboxylic acids is 1. The van der Waals surface area contributed by atoms with E-state index >= 15 is 0 Å². The predicted molar refractivity (Wildman–Crippen MR) is 75.3 cm³/mol. The van der Waals surface area contributed by atoms with E-state index in [9.17, 15) is 4.79 Å². The molecule has 0 radical (unpaired) electrons. The van der Waals surface area contributed by atoms with Crippen LogP contribution in [0.15, 0.2) is 24.3 Å². The van der Waals surface area contributed by atoms with Crippen LogP contribution in [0.3, 0.4) is 0 Å². The molecule has 0 heterocycles. The Kier molecular flexibility index (Phi) is 5.16. The van der Waals surface area contributed by atoms with Gasteiger partial charge in [-0.05, 0) is 44.0 Å². The van der Waals surface area contributed by atoms with Gasteiger partial charge in [-0.3, -0.25) is 10.6 Å². The normalized spacial score (nSPS) is 10.8. The molecular weight excluding hydrogens is 226 g/mol. The average molecular weight is 249 g/mol. The number of hydrogen-bond donors (Lipinski definition) is 2. The van der Waals surface area contributed by atoms with E-state index in [2.05, 4.69) is 19.3 Å². The van der Waals surface area contributed by atoms with Gasteiger partial charge in [-0.15, -0.1) is 0 Å². The molecule has 0 aliphatic carbocycles. The number of rotatable bonds is 5. The maximum absolute atomic E-state index is 12.4. The number of amides is 1. The van der Waals surface area contributed by atoms with Crippen molar-refractivity contribution in [3.8, 4) is 0 Å². The van der Waals surface area contributed by atoms with Gasteiger partial charge >= 0.3 is 0 Å². The molecule has 1 amide bonds. The van der Waals surface area contributed by atoms with E-state index in [4.69, 9.17) is 5.84 Å². The molecule has 0 aromatic heterocycles. The fraction of sp³-hybridized carbons (Fsp3) is 0.500. The number of carbonyl (C=O) groups is 1. The van der Waals surface area contributed by atoms with Gasteiger partial charge in [0.05, 0.1) is 0 Å². The number of nitrogens with zero attached hydrogens (tertiary/aromatic N) is 1. The van der Waals surface area contributed by atoms with Crippen LogP contribution in [0.5, 0.6) is 0 Å². The molecule has 0 spiro atoms. The highest BCUT2D eigenvalue weighted by Gasteiger charge is 2.19. The maximum Gasteiger partial charge on any atom is 0.254 e. The van der Waals surface area contributed by atoms with Crippen LogP contribution in [-0.4, -0.2) is 23.4 Å². The second-order valence-corrected chi connectivity index (χ2v) is 5.17. The summed E-state index contributed by atoms with van der Waals surface area (Å²) in [6, 6.07) is 7.41. The largest absolute Gasteiger partial charge is 0.336 e. The molecule has 0 aliphatic rings. The van der Waals surface area contributed by atoms with Crippen molar-refractivity contribution >= 4 is 11.6 Å². The SMILES string of the molecule is CC(C)CN(C(=O)c1ccc(NN)cc1)C(C)C. The summed E-state index contributed by atoms with van der Waals surface area (Å²) < 4.78 is 0. The van der Waals surface area contributed by atoms with E-state index < -0.39 is 0 Å². The van der Waals surface area contributed by atoms with E-state index in [-0.39, 0.29) is 11.9 Å². The summed E-state index contributed by atoms with van der Waals surface area (Å²) in [5, 5.41) is 0. The van der Waals surface area contributed by atoms with Gasteiger partial charge in [-0.2, -0.15) is 0 Å². The van der Waals surface area contributed by atoms with Gasteiger partial charge in [-0.25, -0.2) is 0 Å². The number of anilines is 1. The Bertz CT molecular complexity index is 385. The van der Waals surface area contributed by atoms with Crippen LogP contribution in [0.2, 0.25) is 0 Å². The number of hydrazine groups is 1. The number of nitrogens with two attached hydrogens (primary N) is 1. The standard InChI is InChI=1S/C14H23N3O/c1-10(2)9-17(11(3)4)14(18)12-5-7-13(16-15)8-6-12/h5-8,10-11,16H,9,15H2,1-4H3. The van der Waals surface area contributed by atoms with Gasteiger partial charge in [-0.1, -0.05) is 13.8 Å². The van der Waals surface area contributed by atoms with Crippen molar-refractivity contribution in [1.82, 2.24) is 4.90 Å². The lowest BCUT2D eigenvalue weighted by Crippen LogP contribution is -2.39. The van der Waals surface area contributed by atoms with Gasteiger partial charge in [0.25, 0.3) is 5.91 Å². The van der Waals surface area contributed by atoms with E-state index in [1.54, 1.807) is 24.3 Å². The first-order chi connectivity index (χ1) is 8.45. The third-order valence-electron chi connectivity index (χ3n) is 2.74. The summed E-state index contributed by atoms with van der Waals surface area (Å²) >= 11 is 0. The zero-order valence-corrected chi connectivity index (χ0v) is 11.6. The van der Waals surface area contributed by atoms with Crippen molar-refractivity contribution in [3.05, 3.63) is 29.8 Å². The molecule has 18 heavy (non-hydrogen) atoms. The van der Waals surface area contributed by atoms with Gasteiger partial charge in [0.1, 0.15) is 0 Å². The molecule has 0 saturated heterocycles. The Morgan fingerprint density at radius 2 is 1.78 bits per heavy atom. The summed E-state index contributed by atoms with van der Waals surface area (Å²) in [7, 11) is 0. The van der Waals surface area contributed by atoms with E-state index in [0.717, 1.165) is 12.2 Å². The van der Waals surface area contributed by atoms with Crippen LogP contribution in [0, 0.1) is 5.92 Å². The van der Waals surface area contributed by atoms with Crippen LogP contribution in [-0.2, 0) is 0 Å². The molecule has 4 nitrogen and oxygen atoms in total. The molecule has 0 atom stereocenters. The minimum Gasteiger partial charge on any atom is -0.336 e. The Hall–Kier alpha value is -1.55. The summed E-state index contributed by atoms with van der Waals surface area (Å²) in [4.78, 5) is 14.3. The van der Waals surface area contributed by atoms with Crippen LogP contribution in [0.1, 0.15) is 38.1 Å². The maximum atomic E-state index is 12.4. The van der Waals surface area contributed by atoms with Crippen molar-refractivity contribution in [1.29, 1.82) is 0 Å². The van der Waals surface area contributed by atoms with Crippen LogP contribution < -0.4 is 11.3 Å². The lowest BCUT2D eigenvalue weighted by Gasteiger charge is -2.28. The first kappa shape index (κ1) is 14.5. The van der Waals surface area contributed by atoms with Gasteiger partial charge in [0, 0.05) is 23.8 Å². The molecular formula is C14H23N3O. The molecule has 4 heteroatoms. The van der Waals surface area contributed by atoms with Crippen molar-refractivity contribution in [3.63, 3.8) is 0 Å². The second-order valence-electron chi connectivity index (χ2n) is 5.17. The Labute approximate surface area is 109 Å².